The van der Waals surface area contributed by atoms with Gasteiger partial charge in [0.1, 0.15) is 6.04 Å². The van der Waals surface area contributed by atoms with Crippen LogP contribution in [0.15, 0.2) is 0 Å². The fourth-order valence-corrected chi connectivity index (χ4v) is 1.76. The maximum Gasteiger partial charge on any atom is 0.408 e. The summed E-state index contributed by atoms with van der Waals surface area (Å²) in [6, 6.07) is -1.74. The summed E-state index contributed by atoms with van der Waals surface area (Å²) in [5, 5.41) is 8.34. The van der Waals surface area contributed by atoms with Crippen molar-refractivity contribution >= 4 is 11.9 Å². The van der Waals surface area contributed by atoms with Crippen LogP contribution < -0.4 is 0 Å². The number of amides is 1. The van der Waals surface area contributed by atoms with Crippen LogP contribution in [0.25, 0.3) is 0 Å². The van der Waals surface area contributed by atoms with Crippen molar-refractivity contribution in [2.24, 2.45) is 0 Å². The van der Waals surface area contributed by atoms with E-state index in [0.29, 0.717) is 6.42 Å². The van der Waals surface area contributed by atoms with E-state index in [-0.39, 0.29) is 19.4 Å². The molecule has 0 aromatic carbocycles. The quantitative estimate of drug-likeness (QED) is 0.810. The molecule has 1 rings (SSSR count). The molecule has 1 N–H and O–H groups in total. The molecule has 0 bridgehead atoms. The molecule has 1 aliphatic rings. The van der Waals surface area contributed by atoms with Gasteiger partial charge in [0.2, 0.25) is 5.91 Å². The van der Waals surface area contributed by atoms with Gasteiger partial charge in [-0.2, -0.15) is 13.2 Å². The third kappa shape index (κ3) is 3.11. The summed E-state index contributed by atoms with van der Waals surface area (Å²) in [6.45, 7) is 0.0582. The summed E-state index contributed by atoms with van der Waals surface area (Å²) >= 11 is 0. The second-order valence-electron chi connectivity index (χ2n) is 3.68. The first-order chi connectivity index (χ1) is 7.32. The molecule has 7 heteroatoms. The van der Waals surface area contributed by atoms with E-state index in [1.807, 2.05) is 0 Å². The number of alkyl halides is 3. The number of nitrogens with zero attached hydrogens (tertiary/aromatic N) is 1. The summed E-state index contributed by atoms with van der Waals surface area (Å²) in [4.78, 5) is 22.3. The van der Waals surface area contributed by atoms with Gasteiger partial charge in [0, 0.05) is 13.0 Å². The van der Waals surface area contributed by atoms with Gasteiger partial charge in [-0.25, -0.2) is 0 Å². The summed E-state index contributed by atoms with van der Waals surface area (Å²) in [7, 11) is 0. The van der Waals surface area contributed by atoms with E-state index in [1.54, 1.807) is 0 Å². The van der Waals surface area contributed by atoms with Gasteiger partial charge in [-0.1, -0.05) is 0 Å². The minimum absolute atomic E-state index is 0.0582. The number of carboxylic acids is 1. The fraction of sp³-hybridized carbons (Fsp3) is 0.778. The van der Waals surface area contributed by atoms with Crippen molar-refractivity contribution in [2.45, 2.75) is 37.9 Å². The van der Waals surface area contributed by atoms with Gasteiger partial charge < -0.3 is 10.0 Å². The Morgan fingerprint density at radius 3 is 2.44 bits per heavy atom. The van der Waals surface area contributed by atoms with E-state index in [4.69, 9.17) is 5.11 Å². The standard InChI is InChI=1S/C9H12F3NO3/c10-9(11,12)6-2-1-5-13(6)7(14)3-4-8(15)16/h6H,1-5H2,(H,15,16). The Kier molecular flexibility index (Phi) is 3.77. The summed E-state index contributed by atoms with van der Waals surface area (Å²) in [5.74, 6) is -1.92. The number of hydrogen-bond acceptors (Lipinski definition) is 2. The molecule has 0 aromatic rings. The number of likely N-dealkylation sites (tertiary alicyclic amines) is 1. The predicted molar refractivity (Wildman–Crippen MR) is 47.7 cm³/mol. The minimum Gasteiger partial charge on any atom is -0.481 e. The molecule has 1 saturated heterocycles. The Balaban J connectivity index is 2.58. The number of hydrogen-bond donors (Lipinski definition) is 1. The van der Waals surface area contributed by atoms with E-state index >= 15 is 0 Å². The topological polar surface area (TPSA) is 57.6 Å². The van der Waals surface area contributed by atoms with Crippen molar-refractivity contribution in [3.8, 4) is 0 Å². The Hall–Kier alpha value is -1.27. The lowest BCUT2D eigenvalue weighted by atomic mass is 10.2. The maximum absolute atomic E-state index is 12.5. The molecule has 0 aliphatic carbocycles. The molecule has 1 atom stereocenters. The molecule has 1 unspecified atom stereocenters. The molecule has 1 heterocycles. The summed E-state index contributed by atoms with van der Waals surface area (Å²) in [5.41, 5.74) is 0. The molecule has 0 saturated carbocycles. The molecule has 0 spiro atoms. The van der Waals surface area contributed by atoms with Gasteiger partial charge in [-0.05, 0) is 12.8 Å². The van der Waals surface area contributed by atoms with Gasteiger partial charge in [-0.15, -0.1) is 0 Å². The molecular weight excluding hydrogens is 227 g/mol. The average Bonchev–Trinajstić information content (AvgIpc) is 2.61. The monoisotopic (exact) mass is 239 g/mol. The normalized spacial score (nSPS) is 21.2. The smallest absolute Gasteiger partial charge is 0.408 e. The largest absolute Gasteiger partial charge is 0.481 e. The van der Waals surface area contributed by atoms with Crippen LogP contribution in [0.1, 0.15) is 25.7 Å². The first-order valence-electron chi connectivity index (χ1n) is 4.90. The Bertz CT molecular complexity index is 290. The number of carboxylic acid groups (broad SMARTS) is 1. The molecule has 1 fully saturated rings. The van der Waals surface area contributed by atoms with Crippen LogP contribution in [0.4, 0.5) is 13.2 Å². The van der Waals surface area contributed by atoms with Crippen molar-refractivity contribution in [3.63, 3.8) is 0 Å². The highest BCUT2D eigenvalue weighted by Crippen LogP contribution is 2.32. The molecule has 1 amide bonds. The second-order valence-corrected chi connectivity index (χ2v) is 3.68. The zero-order chi connectivity index (χ0) is 12.3. The van der Waals surface area contributed by atoms with Crippen LogP contribution in [0.2, 0.25) is 0 Å². The first-order valence-corrected chi connectivity index (χ1v) is 4.90. The molecule has 0 aromatic heterocycles. The van der Waals surface area contributed by atoms with Crippen molar-refractivity contribution in [1.29, 1.82) is 0 Å². The Morgan fingerprint density at radius 2 is 1.94 bits per heavy atom. The van der Waals surface area contributed by atoms with Crippen molar-refractivity contribution in [2.75, 3.05) is 6.54 Å². The third-order valence-electron chi connectivity index (χ3n) is 2.50. The highest BCUT2D eigenvalue weighted by Gasteiger charge is 2.47. The van der Waals surface area contributed by atoms with Gasteiger partial charge in [0.15, 0.2) is 0 Å². The number of carbonyl (C=O) groups is 2. The lowest BCUT2D eigenvalue weighted by Gasteiger charge is -2.26. The lowest BCUT2D eigenvalue weighted by Crippen LogP contribution is -2.44. The molecule has 16 heavy (non-hydrogen) atoms. The SMILES string of the molecule is O=C(O)CCC(=O)N1CCCC1C(F)(F)F. The van der Waals surface area contributed by atoms with Gasteiger partial charge in [-0.3, -0.25) is 9.59 Å². The Labute approximate surface area is 90.0 Å². The van der Waals surface area contributed by atoms with Crippen molar-refractivity contribution < 1.29 is 27.9 Å². The van der Waals surface area contributed by atoms with E-state index in [1.165, 1.54) is 0 Å². The maximum atomic E-state index is 12.5. The lowest BCUT2D eigenvalue weighted by molar-refractivity contribution is -0.182. The van der Waals surface area contributed by atoms with Crippen LogP contribution in [0, 0.1) is 0 Å². The summed E-state index contributed by atoms with van der Waals surface area (Å²) in [6.07, 6.45) is -5.01. The van der Waals surface area contributed by atoms with Crippen LogP contribution in [0.5, 0.6) is 0 Å². The second kappa shape index (κ2) is 4.71. The number of rotatable bonds is 3. The van der Waals surface area contributed by atoms with Gasteiger partial charge in [0.05, 0.1) is 6.42 Å². The van der Waals surface area contributed by atoms with E-state index in [0.717, 1.165) is 4.90 Å². The van der Waals surface area contributed by atoms with E-state index in [2.05, 4.69) is 0 Å². The molecule has 1 aliphatic heterocycles. The van der Waals surface area contributed by atoms with Crippen molar-refractivity contribution in [3.05, 3.63) is 0 Å². The molecule has 4 nitrogen and oxygen atoms in total. The van der Waals surface area contributed by atoms with Gasteiger partial charge in [0.25, 0.3) is 0 Å². The van der Waals surface area contributed by atoms with Gasteiger partial charge >= 0.3 is 12.1 Å². The summed E-state index contributed by atoms with van der Waals surface area (Å²) < 4.78 is 37.4. The zero-order valence-corrected chi connectivity index (χ0v) is 8.46. The molecule has 0 radical (unpaired) electrons. The minimum atomic E-state index is -4.42. The van der Waals surface area contributed by atoms with E-state index in [9.17, 15) is 22.8 Å². The highest BCUT2D eigenvalue weighted by molar-refractivity contribution is 5.81. The average molecular weight is 239 g/mol. The molecular formula is C9H12F3NO3. The zero-order valence-electron chi connectivity index (χ0n) is 8.46. The van der Waals surface area contributed by atoms with Crippen LogP contribution in [-0.4, -0.2) is 40.6 Å². The molecule has 92 valence electrons. The number of halogens is 3. The number of carbonyl (C=O) groups excluding carboxylic acids is 1. The highest BCUT2D eigenvalue weighted by atomic mass is 19.4. The first kappa shape index (κ1) is 12.8. The van der Waals surface area contributed by atoms with Crippen LogP contribution in [0.3, 0.4) is 0 Å². The Morgan fingerprint density at radius 1 is 1.31 bits per heavy atom. The van der Waals surface area contributed by atoms with Crippen LogP contribution in [-0.2, 0) is 9.59 Å². The van der Waals surface area contributed by atoms with Crippen molar-refractivity contribution in [1.82, 2.24) is 4.90 Å². The van der Waals surface area contributed by atoms with Crippen LogP contribution >= 0.6 is 0 Å². The number of aliphatic carboxylic acids is 1. The third-order valence-corrected chi connectivity index (χ3v) is 2.50. The predicted octanol–water partition coefficient (Wildman–Crippen LogP) is 1.40. The van der Waals surface area contributed by atoms with E-state index < -0.39 is 30.5 Å². The fourth-order valence-electron chi connectivity index (χ4n) is 1.76.